The smallest absolute Gasteiger partial charge is 0.0451 e. The molecule has 1 aromatic rings. The zero-order chi connectivity index (χ0) is 13.8. The zero-order valence-electron chi connectivity index (χ0n) is 11.4. The maximum Gasteiger partial charge on any atom is 0.0451 e. The van der Waals surface area contributed by atoms with Gasteiger partial charge in [0.15, 0.2) is 0 Å². The summed E-state index contributed by atoms with van der Waals surface area (Å²) in [5, 5.41) is 0.843. The highest BCUT2D eigenvalue weighted by Crippen LogP contribution is 2.29. The van der Waals surface area contributed by atoms with Gasteiger partial charge >= 0.3 is 0 Å². The molecule has 0 radical (unpaired) electrons. The van der Waals surface area contributed by atoms with Crippen LogP contribution in [0.2, 0.25) is 5.02 Å². The molecule has 1 aromatic carbocycles. The van der Waals surface area contributed by atoms with Crippen molar-refractivity contribution in [2.24, 2.45) is 11.7 Å². The summed E-state index contributed by atoms with van der Waals surface area (Å²) in [4.78, 5) is 2.42. The highest BCUT2D eigenvalue weighted by Gasteiger charge is 2.27. The second kappa shape index (κ2) is 7.07. The SMILES string of the molecule is CN(Cc1cc(Br)ccc1Cl)C1CCCCC1CN. The molecule has 2 unspecified atom stereocenters. The third kappa shape index (κ3) is 3.94. The fraction of sp³-hybridized carbons (Fsp3) is 0.600. The Labute approximate surface area is 129 Å². The molecule has 0 amide bonds. The topological polar surface area (TPSA) is 29.3 Å². The van der Waals surface area contributed by atoms with Gasteiger partial charge in [0.1, 0.15) is 0 Å². The highest BCUT2D eigenvalue weighted by molar-refractivity contribution is 9.10. The standard InChI is InChI=1S/C15H22BrClN2/c1-19(15-5-3-2-4-11(15)9-18)10-12-8-13(16)6-7-14(12)17/h6-8,11,15H,2-5,9-10,18H2,1H3. The van der Waals surface area contributed by atoms with E-state index < -0.39 is 0 Å². The Bertz CT molecular complexity index is 425. The summed E-state index contributed by atoms with van der Waals surface area (Å²) in [5.41, 5.74) is 7.10. The maximum atomic E-state index is 6.28. The molecule has 2 N–H and O–H groups in total. The van der Waals surface area contributed by atoms with Crippen LogP contribution in [-0.4, -0.2) is 24.5 Å². The van der Waals surface area contributed by atoms with Crippen molar-refractivity contribution in [3.8, 4) is 0 Å². The molecule has 106 valence electrons. The van der Waals surface area contributed by atoms with E-state index in [1.165, 1.54) is 31.2 Å². The van der Waals surface area contributed by atoms with Gasteiger partial charge in [0.25, 0.3) is 0 Å². The van der Waals surface area contributed by atoms with E-state index in [0.29, 0.717) is 12.0 Å². The van der Waals surface area contributed by atoms with Crippen LogP contribution in [0.25, 0.3) is 0 Å². The monoisotopic (exact) mass is 344 g/mol. The van der Waals surface area contributed by atoms with Crippen molar-refractivity contribution in [3.63, 3.8) is 0 Å². The van der Waals surface area contributed by atoms with E-state index in [0.717, 1.165) is 22.6 Å². The Morgan fingerprint density at radius 3 is 2.84 bits per heavy atom. The minimum Gasteiger partial charge on any atom is -0.330 e. The molecule has 1 aliphatic rings. The maximum absolute atomic E-state index is 6.28. The lowest BCUT2D eigenvalue weighted by atomic mass is 9.83. The molecule has 1 aliphatic carbocycles. The largest absolute Gasteiger partial charge is 0.330 e. The summed E-state index contributed by atoms with van der Waals surface area (Å²) in [6, 6.07) is 6.64. The molecule has 0 bridgehead atoms. The Morgan fingerprint density at radius 2 is 2.11 bits per heavy atom. The number of benzene rings is 1. The summed E-state index contributed by atoms with van der Waals surface area (Å²) >= 11 is 9.79. The van der Waals surface area contributed by atoms with E-state index in [-0.39, 0.29) is 0 Å². The lowest BCUT2D eigenvalue weighted by molar-refractivity contribution is 0.127. The molecular formula is C15H22BrClN2. The van der Waals surface area contributed by atoms with Crippen molar-refractivity contribution in [1.82, 2.24) is 4.90 Å². The van der Waals surface area contributed by atoms with E-state index >= 15 is 0 Å². The first-order valence-electron chi connectivity index (χ1n) is 6.96. The lowest BCUT2D eigenvalue weighted by Crippen LogP contribution is -2.42. The molecule has 0 aliphatic heterocycles. The lowest BCUT2D eigenvalue weighted by Gasteiger charge is -2.37. The minimum atomic E-state index is 0.591. The van der Waals surface area contributed by atoms with Crippen molar-refractivity contribution in [1.29, 1.82) is 0 Å². The molecule has 1 saturated carbocycles. The molecule has 2 nitrogen and oxygen atoms in total. The van der Waals surface area contributed by atoms with Crippen molar-refractivity contribution >= 4 is 27.5 Å². The second-order valence-corrected chi connectivity index (χ2v) is 6.82. The van der Waals surface area contributed by atoms with Crippen LogP contribution in [0, 0.1) is 5.92 Å². The van der Waals surface area contributed by atoms with Crippen LogP contribution in [-0.2, 0) is 6.54 Å². The van der Waals surface area contributed by atoms with Crippen LogP contribution in [0.4, 0.5) is 0 Å². The fourth-order valence-corrected chi connectivity index (χ4v) is 3.68. The summed E-state index contributed by atoms with van der Waals surface area (Å²) < 4.78 is 1.08. The van der Waals surface area contributed by atoms with Gasteiger partial charge in [-0.2, -0.15) is 0 Å². The Hall–Kier alpha value is -0.0900. The number of rotatable bonds is 4. The Kier molecular flexibility index (Phi) is 5.70. The van der Waals surface area contributed by atoms with E-state index in [1.807, 2.05) is 12.1 Å². The quantitative estimate of drug-likeness (QED) is 0.892. The van der Waals surface area contributed by atoms with Crippen LogP contribution in [0.1, 0.15) is 31.2 Å². The van der Waals surface area contributed by atoms with Crippen LogP contribution in [0.3, 0.4) is 0 Å². The fourth-order valence-electron chi connectivity index (χ4n) is 3.09. The molecule has 2 atom stereocenters. The molecular weight excluding hydrogens is 324 g/mol. The third-order valence-electron chi connectivity index (χ3n) is 4.17. The third-order valence-corrected chi connectivity index (χ3v) is 5.03. The highest BCUT2D eigenvalue weighted by atomic mass is 79.9. The summed E-state index contributed by atoms with van der Waals surface area (Å²) in [6.07, 6.45) is 5.16. The molecule has 19 heavy (non-hydrogen) atoms. The molecule has 2 rings (SSSR count). The Morgan fingerprint density at radius 1 is 1.37 bits per heavy atom. The summed E-state index contributed by atoms with van der Waals surface area (Å²) in [6.45, 7) is 1.68. The number of nitrogens with zero attached hydrogens (tertiary/aromatic N) is 1. The van der Waals surface area contributed by atoms with Gasteiger partial charge in [0, 0.05) is 22.1 Å². The molecule has 0 spiro atoms. The Balaban J connectivity index is 2.06. The van der Waals surface area contributed by atoms with Crippen LogP contribution in [0.15, 0.2) is 22.7 Å². The van der Waals surface area contributed by atoms with Gasteiger partial charge in [-0.15, -0.1) is 0 Å². The number of hydrogen-bond donors (Lipinski definition) is 1. The van der Waals surface area contributed by atoms with E-state index in [9.17, 15) is 0 Å². The average molecular weight is 346 g/mol. The molecule has 0 aromatic heterocycles. The number of nitrogens with two attached hydrogens (primary N) is 1. The van der Waals surface area contributed by atoms with Gasteiger partial charge in [-0.25, -0.2) is 0 Å². The molecule has 4 heteroatoms. The normalized spacial score (nSPS) is 23.8. The van der Waals surface area contributed by atoms with Crippen molar-refractivity contribution < 1.29 is 0 Å². The zero-order valence-corrected chi connectivity index (χ0v) is 13.8. The summed E-state index contributed by atoms with van der Waals surface area (Å²) in [7, 11) is 2.19. The minimum absolute atomic E-state index is 0.591. The van der Waals surface area contributed by atoms with Gasteiger partial charge in [0.2, 0.25) is 0 Å². The van der Waals surface area contributed by atoms with Gasteiger partial charge in [-0.1, -0.05) is 40.4 Å². The molecule has 0 heterocycles. The van der Waals surface area contributed by atoms with Crippen LogP contribution >= 0.6 is 27.5 Å². The number of halogens is 2. The first-order chi connectivity index (χ1) is 9.11. The van der Waals surface area contributed by atoms with Gasteiger partial charge in [-0.05, 0) is 56.1 Å². The number of hydrogen-bond acceptors (Lipinski definition) is 2. The van der Waals surface area contributed by atoms with Gasteiger partial charge < -0.3 is 5.73 Å². The van der Waals surface area contributed by atoms with Gasteiger partial charge in [-0.3, -0.25) is 4.90 Å². The second-order valence-electron chi connectivity index (χ2n) is 5.50. The first kappa shape index (κ1) is 15.3. The average Bonchev–Trinajstić information content (AvgIpc) is 2.42. The summed E-state index contributed by atoms with van der Waals surface area (Å²) in [5.74, 6) is 0.629. The molecule has 1 fully saturated rings. The molecule has 0 saturated heterocycles. The van der Waals surface area contributed by atoms with Crippen LogP contribution < -0.4 is 5.73 Å². The van der Waals surface area contributed by atoms with E-state index in [4.69, 9.17) is 17.3 Å². The van der Waals surface area contributed by atoms with Crippen molar-refractivity contribution in [2.45, 2.75) is 38.3 Å². The van der Waals surface area contributed by atoms with Crippen molar-refractivity contribution in [3.05, 3.63) is 33.3 Å². The predicted molar refractivity (Wildman–Crippen MR) is 85.4 cm³/mol. The van der Waals surface area contributed by atoms with Gasteiger partial charge in [0.05, 0.1) is 0 Å². The van der Waals surface area contributed by atoms with Crippen molar-refractivity contribution in [2.75, 3.05) is 13.6 Å². The van der Waals surface area contributed by atoms with Crippen LogP contribution in [0.5, 0.6) is 0 Å². The van der Waals surface area contributed by atoms with E-state index in [2.05, 4.69) is 33.9 Å². The first-order valence-corrected chi connectivity index (χ1v) is 8.13. The predicted octanol–water partition coefficient (Wildman–Crippen LogP) is 4.05. The van der Waals surface area contributed by atoms with E-state index in [1.54, 1.807) is 0 Å².